The van der Waals surface area contributed by atoms with Crippen LogP contribution in [0.25, 0.3) is 49.6 Å². The molecule has 0 saturated heterocycles. The molecule has 3 aliphatic heterocycles. The lowest BCUT2D eigenvalue weighted by molar-refractivity contribution is -1.05. The number of rotatable bonds is 0. The summed E-state index contributed by atoms with van der Waals surface area (Å²) in [5.74, 6) is 1.28. The Morgan fingerprint density at radius 1 is 0.971 bits per heavy atom. The fraction of sp³-hybridized carbons (Fsp3) is 0.0385. The number of aryl methyl sites for hydroxylation is 1. The minimum atomic E-state index is 0.0251. The van der Waals surface area contributed by atoms with E-state index in [0.29, 0.717) is 17.0 Å². The smallest absolute Gasteiger partial charge is 0.393 e. The molecule has 2 aromatic carbocycles. The molecule has 0 bridgehead atoms. The maximum atomic E-state index is 13.9. The lowest BCUT2D eigenvalue weighted by atomic mass is 10.1. The van der Waals surface area contributed by atoms with Gasteiger partial charge in [-0.2, -0.15) is 4.40 Å². The van der Waals surface area contributed by atoms with E-state index >= 15 is 0 Å². The van der Waals surface area contributed by atoms with Crippen LogP contribution in [0.1, 0.15) is 5.69 Å². The largest absolute Gasteiger partial charge is 0.456 e. The molecule has 162 valence electrons. The van der Waals surface area contributed by atoms with Crippen LogP contribution in [0.4, 0.5) is 5.69 Å². The lowest BCUT2D eigenvalue weighted by Gasteiger charge is -2.28. The van der Waals surface area contributed by atoms with Gasteiger partial charge < -0.3 is 4.74 Å². The first-order chi connectivity index (χ1) is 17.2. The molecule has 9 heteroatoms. The summed E-state index contributed by atoms with van der Waals surface area (Å²) in [5.41, 5.74) is 6.38. The van der Waals surface area contributed by atoms with Gasteiger partial charge in [0.1, 0.15) is 17.1 Å². The van der Waals surface area contributed by atoms with E-state index in [1.165, 1.54) is 0 Å². The average molecular weight is 456 g/mol. The van der Waals surface area contributed by atoms with E-state index in [4.69, 9.17) is 9.84 Å². The third kappa shape index (κ3) is 1.43. The summed E-state index contributed by atoms with van der Waals surface area (Å²) in [4.78, 5) is 20.4. The second kappa shape index (κ2) is 4.82. The molecule has 10 rings (SSSR count). The molecule has 1 spiro atoms. The first-order valence-electron chi connectivity index (χ1n) is 11.5. The minimum Gasteiger partial charge on any atom is -0.393 e. The van der Waals surface area contributed by atoms with Gasteiger partial charge in [-0.05, 0) is 49.4 Å². The summed E-state index contributed by atoms with van der Waals surface area (Å²) in [5, 5.41) is 8.51. The maximum absolute atomic E-state index is 13.9. The van der Waals surface area contributed by atoms with E-state index in [9.17, 15) is 4.79 Å². The van der Waals surface area contributed by atoms with Gasteiger partial charge in [0.25, 0.3) is 0 Å². The van der Waals surface area contributed by atoms with E-state index in [1.54, 1.807) is 6.20 Å². The normalized spacial score (nSPS) is 18.3. The van der Waals surface area contributed by atoms with E-state index < -0.39 is 0 Å². The second-order valence-electron chi connectivity index (χ2n) is 9.44. The van der Waals surface area contributed by atoms with Gasteiger partial charge in [0.05, 0.1) is 21.9 Å². The van der Waals surface area contributed by atoms with Crippen molar-refractivity contribution in [2.45, 2.75) is 6.92 Å². The molecule has 0 aliphatic carbocycles. The predicted molar refractivity (Wildman–Crippen MR) is 126 cm³/mol. The monoisotopic (exact) mass is 456 g/mol. The molecule has 8 heterocycles. The number of hydrogen-bond donors (Lipinski definition) is 0. The van der Waals surface area contributed by atoms with Crippen molar-refractivity contribution in [3.8, 4) is 23.0 Å². The zero-order valence-corrected chi connectivity index (χ0v) is 18.3. The van der Waals surface area contributed by atoms with Crippen LogP contribution in [0.2, 0.25) is 0 Å². The number of nitrogens with zero attached hydrogens (tertiary/aromatic N) is 7. The summed E-state index contributed by atoms with van der Waals surface area (Å²) in [6.07, 6.45) is 5.67. The number of benzene rings is 2. The second-order valence-corrected chi connectivity index (χ2v) is 9.44. The highest BCUT2D eigenvalue weighted by Crippen LogP contribution is 2.49. The third-order valence-electron chi connectivity index (χ3n) is 7.79. The van der Waals surface area contributed by atoms with Crippen LogP contribution in [0.5, 0.6) is 11.6 Å². The molecule has 9 nitrogen and oxygen atoms in total. The zero-order valence-electron chi connectivity index (χ0n) is 18.3. The Kier molecular flexibility index (Phi) is 2.30. The average Bonchev–Trinajstić information content (AvgIpc) is 3.51. The van der Waals surface area contributed by atoms with Crippen molar-refractivity contribution in [1.82, 2.24) is 24.1 Å². The van der Waals surface area contributed by atoms with Crippen LogP contribution in [-0.2, 0) is 0 Å². The van der Waals surface area contributed by atoms with Crippen molar-refractivity contribution in [3.63, 3.8) is 0 Å². The van der Waals surface area contributed by atoms with Gasteiger partial charge >= 0.3 is 22.9 Å². The van der Waals surface area contributed by atoms with Crippen molar-refractivity contribution in [2.24, 2.45) is 0 Å². The molecular formula is C26H14N7O2+3. The van der Waals surface area contributed by atoms with Crippen LogP contribution in [-0.4, -0.2) is 19.3 Å². The van der Waals surface area contributed by atoms with Gasteiger partial charge in [0, 0.05) is 14.9 Å². The molecule has 0 radical (unpaired) electrons. The Balaban J connectivity index is 1.64. The Hall–Kier alpha value is -4.89. The highest BCUT2D eigenvalue weighted by Gasteiger charge is 2.70. The lowest BCUT2D eigenvalue weighted by Crippen LogP contribution is -2.88. The van der Waals surface area contributed by atoms with E-state index in [1.807, 2.05) is 42.2 Å². The van der Waals surface area contributed by atoms with Crippen molar-refractivity contribution < 1.29 is 14.1 Å². The van der Waals surface area contributed by atoms with E-state index in [0.717, 1.165) is 55.6 Å². The van der Waals surface area contributed by atoms with Crippen LogP contribution < -0.4 is 24.3 Å². The number of ether oxygens (including phenoxy) is 1. The first-order valence-corrected chi connectivity index (χ1v) is 11.5. The summed E-state index contributed by atoms with van der Waals surface area (Å²) in [7, 11) is 0. The third-order valence-corrected chi connectivity index (χ3v) is 7.79. The molecule has 3 aliphatic rings. The van der Waals surface area contributed by atoms with Crippen LogP contribution in [0.15, 0.2) is 71.9 Å². The molecule has 1 atom stereocenters. The Morgan fingerprint density at radius 2 is 1.83 bits per heavy atom. The molecule has 0 amide bonds. The van der Waals surface area contributed by atoms with Gasteiger partial charge in [-0.3, -0.25) is 4.79 Å². The number of quaternary nitrogens is 1. The van der Waals surface area contributed by atoms with Crippen molar-refractivity contribution in [3.05, 3.63) is 83.0 Å². The minimum absolute atomic E-state index is 0.0251. The van der Waals surface area contributed by atoms with Gasteiger partial charge in [0.15, 0.2) is 11.7 Å². The highest BCUT2D eigenvalue weighted by molar-refractivity contribution is 6.17. The molecule has 1 unspecified atom stereocenters. The summed E-state index contributed by atoms with van der Waals surface area (Å²) < 4.78 is 13.0. The summed E-state index contributed by atoms with van der Waals surface area (Å²) in [6, 6.07) is 16.0. The molecule has 0 saturated carbocycles. The van der Waals surface area contributed by atoms with Crippen molar-refractivity contribution in [1.29, 1.82) is 0 Å². The molecule has 0 N–H and O–H groups in total. The maximum Gasteiger partial charge on any atom is 0.456 e. The molecule has 35 heavy (non-hydrogen) atoms. The Morgan fingerprint density at radius 3 is 2.77 bits per heavy atom. The molecule has 7 aromatic rings. The SMILES string of the molecule is Cc1cc2n(n1)[N+]13c4c(ccc5c(=O)c6cccc7c8ccc[n+]1c8n(c45)c67)Oc1cncc-2[n+]13. The van der Waals surface area contributed by atoms with Crippen LogP contribution >= 0.6 is 0 Å². The number of hydrogen-bond acceptors (Lipinski definition) is 4. The molecule has 5 aromatic heterocycles. The topological polar surface area (TPSA) is 69.2 Å². The molecule has 0 fully saturated rings. The van der Waals surface area contributed by atoms with Crippen LogP contribution in [0.3, 0.4) is 0 Å². The zero-order chi connectivity index (χ0) is 22.8. The standard InChI is InChI=1S/C26H14N7O2/c1-13-10-18-19-11-27-12-21-31(19)33(32(18)28-13)24-20(35-21)8-7-17-23(24)30-22-14(4-2-5-16(22)25(17)34)15-6-3-9-29(33)26(15)30/h2-12H,1H3/q+3. The van der Waals surface area contributed by atoms with Crippen molar-refractivity contribution in [2.75, 3.05) is 0 Å². The quantitative estimate of drug-likeness (QED) is 0.200. The molecular weight excluding hydrogens is 442 g/mol. The number of para-hydroxylation sites is 1. The van der Waals surface area contributed by atoms with Gasteiger partial charge in [0.2, 0.25) is 27.2 Å². The van der Waals surface area contributed by atoms with Gasteiger partial charge in [-0.1, -0.05) is 6.07 Å². The predicted octanol–water partition coefficient (Wildman–Crippen LogP) is 2.77. The fourth-order valence-electron chi connectivity index (χ4n) is 6.64. The first kappa shape index (κ1) is 16.7. The van der Waals surface area contributed by atoms with Gasteiger partial charge in [-0.25, -0.2) is 4.98 Å². The van der Waals surface area contributed by atoms with E-state index in [2.05, 4.69) is 49.2 Å². The Labute approximate surface area is 195 Å². The Bertz CT molecular complexity index is 2250. The fourth-order valence-corrected chi connectivity index (χ4v) is 6.64. The summed E-state index contributed by atoms with van der Waals surface area (Å²) in [6.45, 7) is 2.00. The number of aromatic nitrogens is 6. The number of pyridine rings is 2. The highest BCUT2D eigenvalue weighted by atomic mass is 16.5. The van der Waals surface area contributed by atoms with Crippen molar-refractivity contribution >= 4 is 43.9 Å². The van der Waals surface area contributed by atoms with Crippen LogP contribution in [0, 0.1) is 6.92 Å². The van der Waals surface area contributed by atoms with Gasteiger partial charge in [-0.15, -0.1) is 5.10 Å². The number of fused-ring (bicyclic) bond motifs is 3. The van der Waals surface area contributed by atoms with E-state index in [-0.39, 0.29) is 10.2 Å². The summed E-state index contributed by atoms with van der Waals surface area (Å²) >= 11 is 0.